The molecule has 1 N–H and O–H groups in total. The van der Waals surface area contributed by atoms with Gasteiger partial charge in [-0.2, -0.15) is 0 Å². The molecule has 1 nitrogen and oxygen atoms in total. The van der Waals surface area contributed by atoms with Crippen LogP contribution in [0, 0.1) is 0 Å². The van der Waals surface area contributed by atoms with Crippen molar-refractivity contribution in [3.63, 3.8) is 0 Å². The van der Waals surface area contributed by atoms with Gasteiger partial charge in [-0.3, -0.25) is 0 Å². The zero-order valence-corrected chi connectivity index (χ0v) is 12.1. The van der Waals surface area contributed by atoms with Gasteiger partial charge in [0.1, 0.15) is 0 Å². The summed E-state index contributed by atoms with van der Waals surface area (Å²) in [5.41, 5.74) is 3.10. The second-order valence-corrected chi connectivity index (χ2v) is 5.87. The molecule has 2 rings (SSSR count). The molecule has 0 aliphatic heterocycles. The third-order valence-electron chi connectivity index (χ3n) is 4.27. The van der Waals surface area contributed by atoms with Crippen molar-refractivity contribution < 1.29 is 0 Å². The molecule has 1 aliphatic carbocycles. The molecular formula is C17H27N. The van der Waals surface area contributed by atoms with Crippen molar-refractivity contribution >= 4 is 0 Å². The van der Waals surface area contributed by atoms with Crippen LogP contribution in [0.25, 0.3) is 0 Å². The molecule has 0 fully saturated rings. The van der Waals surface area contributed by atoms with Crippen LogP contribution in [0.15, 0.2) is 24.3 Å². The molecule has 0 aromatic heterocycles. The summed E-state index contributed by atoms with van der Waals surface area (Å²) in [7, 11) is 0. The first-order valence-corrected chi connectivity index (χ1v) is 7.57. The van der Waals surface area contributed by atoms with E-state index in [2.05, 4.69) is 50.4 Å². The average molecular weight is 245 g/mol. The summed E-state index contributed by atoms with van der Waals surface area (Å²) in [6.45, 7) is 6.95. The van der Waals surface area contributed by atoms with Crippen LogP contribution in [-0.4, -0.2) is 6.04 Å². The SMILES string of the molecule is CCCCC(C)NC1CCC(C)c2ccccc21. The molecule has 0 bridgehead atoms. The maximum absolute atomic E-state index is 3.83. The molecule has 18 heavy (non-hydrogen) atoms. The summed E-state index contributed by atoms with van der Waals surface area (Å²) in [5, 5.41) is 3.83. The second-order valence-electron chi connectivity index (χ2n) is 5.87. The Morgan fingerprint density at radius 1 is 1.22 bits per heavy atom. The van der Waals surface area contributed by atoms with Gasteiger partial charge in [0.2, 0.25) is 0 Å². The van der Waals surface area contributed by atoms with Crippen LogP contribution >= 0.6 is 0 Å². The first kappa shape index (κ1) is 13.6. The lowest BCUT2D eigenvalue weighted by molar-refractivity contribution is 0.375. The monoisotopic (exact) mass is 245 g/mol. The highest BCUT2D eigenvalue weighted by atomic mass is 14.9. The van der Waals surface area contributed by atoms with E-state index in [0.29, 0.717) is 12.1 Å². The van der Waals surface area contributed by atoms with Crippen LogP contribution in [-0.2, 0) is 0 Å². The summed E-state index contributed by atoms with van der Waals surface area (Å²) >= 11 is 0. The van der Waals surface area contributed by atoms with E-state index >= 15 is 0 Å². The Kier molecular flexibility index (Phi) is 4.82. The molecule has 1 aromatic carbocycles. The number of hydrogen-bond donors (Lipinski definition) is 1. The maximum atomic E-state index is 3.83. The standard InChI is InChI=1S/C17H27N/c1-4-5-8-14(3)18-17-12-11-13(2)15-9-6-7-10-16(15)17/h6-7,9-10,13-14,17-18H,4-5,8,11-12H2,1-3H3. The Balaban J connectivity index is 2.04. The minimum atomic E-state index is 0.573. The Morgan fingerprint density at radius 2 is 1.94 bits per heavy atom. The molecular weight excluding hydrogens is 218 g/mol. The van der Waals surface area contributed by atoms with Crippen LogP contribution in [0.4, 0.5) is 0 Å². The largest absolute Gasteiger partial charge is 0.307 e. The summed E-state index contributed by atoms with van der Waals surface area (Å²) in [5.74, 6) is 0.727. The van der Waals surface area contributed by atoms with Gasteiger partial charge < -0.3 is 5.32 Å². The fourth-order valence-corrected chi connectivity index (χ4v) is 3.11. The van der Waals surface area contributed by atoms with Crippen molar-refractivity contribution in [2.24, 2.45) is 0 Å². The number of rotatable bonds is 5. The van der Waals surface area contributed by atoms with Crippen LogP contribution in [0.1, 0.15) is 76.0 Å². The van der Waals surface area contributed by atoms with E-state index in [1.165, 1.54) is 32.1 Å². The van der Waals surface area contributed by atoms with Gasteiger partial charge in [0, 0.05) is 12.1 Å². The summed E-state index contributed by atoms with van der Waals surface area (Å²) < 4.78 is 0. The van der Waals surface area contributed by atoms with Crippen LogP contribution in [0.5, 0.6) is 0 Å². The van der Waals surface area contributed by atoms with E-state index in [0.717, 1.165) is 5.92 Å². The van der Waals surface area contributed by atoms with Gasteiger partial charge in [-0.1, -0.05) is 51.0 Å². The minimum absolute atomic E-state index is 0.573. The van der Waals surface area contributed by atoms with Gasteiger partial charge in [0.05, 0.1) is 0 Å². The van der Waals surface area contributed by atoms with Crippen molar-refractivity contribution in [3.8, 4) is 0 Å². The first-order valence-electron chi connectivity index (χ1n) is 7.57. The highest BCUT2D eigenvalue weighted by Gasteiger charge is 2.24. The van der Waals surface area contributed by atoms with Crippen LogP contribution in [0.3, 0.4) is 0 Å². The zero-order chi connectivity index (χ0) is 13.0. The lowest BCUT2D eigenvalue weighted by Gasteiger charge is -2.32. The maximum Gasteiger partial charge on any atom is 0.0325 e. The predicted molar refractivity (Wildman–Crippen MR) is 79.0 cm³/mol. The number of nitrogens with one attached hydrogen (secondary N) is 1. The number of unbranched alkanes of at least 4 members (excludes halogenated alkanes) is 1. The first-order chi connectivity index (χ1) is 8.72. The molecule has 1 aromatic rings. The molecule has 3 unspecified atom stereocenters. The van der Waals surface area contributed by atoms with Gasteiger partial charge in [-0.05, 0) is 43.2 Å². The Bertz CT molecular complexity index is 372. The Labute approximate surface area is 112 Å². The van der Waals surface area contributed by atoms with E-state index in [9.17, 15) is 0 Å². The topological polar surface area (TPSA) is 12.0 Å². The highest BCUT2D eigenvalue weighted by Crippen LogP contribution is 2.37. The van der Waals surface area contributed by atoms with Crippen molar-refractivity contribution in [1.29, 1.82) is 0 Å². The average Bonchev–Trinajstić information content (AvgIpc) is 2.40. The van der Waals surface area contributed by atoms with Crippen LogP contribution < -0.4 is 5.32 Å². The number of fused-ring (bicyclic) bond motifs is 1. The molecule has 1 aliphatic rings. The van der Waals surface area contributed by atoms with E-state index < -0.39 is 0 Å². The zero-order valence-electron chi connectivity index (χ0n) is 12.1. The van der Waals surface area contributed by atoms with Crippen LogP contribution in [0.2, 0.25) is 0 Å². The smallest absolute Gasteiger partial charge is 0.0325 e. The quantitative estimate of drug-likeness (QED) is 0.786. The predicted octanol–water partition coefficient (Wildman–Crippen LogP) is 4.79. The normalized spacial score (nSPS) is 24.6. The van der Waals surface area contributed by atoms with Gasteiger partial charge in [0.15, 0.2) is 0 Å². The fourth-order valence-electron chi connectivity index (χ4n) is 3.11. The van der Waals surface area contributed by atoms with Gasteiger partial charge in [-0.25, -0.2) is 0 Å². The van der Waals surface area contributed by atoms with E-state index in [1.54, 1.807) is 11.1 Å². The van der Waals surface area contributed by atoms with E-state index in [-0.39, 0.29) is 0 Å². The molecule has 0 heterocycles. The van der Waals surface area contributed by atoms with Crippen molar-refractivity contribution in [2.75, 3.05) is 0 Å². The second kappa shape index (κ2) is 6.38. The number of benzene rings is 1. The van der Waals surface area contributed by atoms with E-state index in [1.807, 2.05) is 0 Å². The third-order valence-corrected chi connectivity index (χ3v) is 4.27. The molecule has 100 valence electrons. The molecule has 0 spiro atoms. The summed E-state index contributed by atoms with van der Waals surface area (Å²) in [4.78, 5) is 0. The Morgan fingerprint density at radius 3 is 2.67 bits per heavy atom. The highest BCUT2D eigenvalue weighted by molar-refractivity contribution is 5.34. The fraction of sp³-hybridized carbons (Fsp3) is 0.647. The minimum Gasteiger partial charge on any atom is -0.307 e. The molecule has 0 radical (unpaired) electrons. The lowest BCUT2D eigenvalue weighted by Crippen LogP contribution is -2.33. The molecule has 3 atom stereocenters. The Hall–Kier alpha value is -0.820. The van der Waals surface area contributed by atoms with Gasteiger partial charge in [0.25, 0.3) is 0 Å². The van der Waals surface area contributed by atoms with Crippen molar-refractivity contribution in [3.05, 3.63) is 35.4 Å². The summed E-state index contributed by atoms with van der Waals surface area (Å²) in [6, 6.07) is 10.2. The van der Waals surface area contributed by atoms with E-state index in [4.69, 9.17) is 0 Å². The number of hydrogen-bond acceptors (Lipinski definition) is 1. The van der Waals surface area contributed by atoms with Crippen molar-refractivity contribution in [2.45, 2.75) is 70.9 Å². The lowest BCUT2D eigenvalue weighted by atomic mass is 9.81. The third kappa shape index (κ3) is 3.14. The molecule has 1 heteroatoms. The molecule has 0 amide bonds. The molecule has 0 saturated carbocycles. The van der Waals surface area contributed by atoms with Gasteiger partial charge >= 0.3 is 0 Å². The molecule has 0 saturated heterocycles. The summed E-state index contributed by atoms with van der Waals surface area (Å²) in [6.07, 6.45) is 6.53. The van der Waals surface area contributed by atoms with Crippen molar-refractivity contribution in [1.82, 2.24) is 5.32 Å². The van der Waals surface area contributed by atoms with Gasteiger partial charge in [-0.15, -0.1) is 0 Å².